The molecule has 0 saturated heterocycles. The molecule has 1 fully saturated rings. The third-order valence-corrected chi connectivity index (χ3v) is 10.4. The highest BCUT2D eigenvalue weighted by atomic mass is 35.5. The number of azo groups is 2. The zero-order chi connectivity index (χ0) is 39.8. The summed E-state index contributed by atoms with van der Waals surface area (Å²) < 4.78 is 130. The van der Waals surface area contributed by atoms with E-state index in [0.717, 1.165) is 18.4 Å². The highest BCUT2D eigenvalue weighted by Gasteiger charge is 2.75. The molecule has 0 bridgehead atoms. The van der Waals surface area contributed by atoms with Crippen LogP contribution >= 0.6 is 11.6 Å². The molecule has 4 aromatic rings. The lowest BCUT2D eigenvalue weighted by molar-refractivity contribution is -0.549. The van der Waals surface area contributed by atoms with Crippen LogP contribution in [-0.2, 0) is 28.3 Å². The SMILES string of the molecule is Cn1nc(NS(C)(=O)=O)c2c(Cl)ccc(-c3ccc(NCCO)nc3[C@H](Cc3cc(F)cc(F)c3)NC(=O)C[N+]3=NC(C(F)(F)F)C4=C3C(F)(F)[C@@H]3C[C@H]43)c21. The minimum absolute atomic E-state index is 0.0149. The fourth-order valence-electron chi connectivity index (χ4n) is 7.41. The first-order chi connectivity index (χ1) is 25.8. The summed E-state index contributed by atoms with van der Waals surface area (Å²) in [6.45, 7) is -1.34. The van der Waals surface area contributed by atoms with Crippen molar-refractivity contribution >= 4 is 50.1 Å². The normalized spacial score (nSPS) is 20.6. The Morgan fingerprint density at radius 3 is 2.47 bits per heavy atom. The minimum atomic E-state index is -4.99. The number of sulfonamides is 1. The van der Waals surface area contributed by atoms with Gasteiger partial charge in [-0.25, -0.2) is 22.2 Å². The lowest BCUT2D eigenvalue weighted by Crippen LogP contribution is -2.38. The second-order valence-electron chi connectivity index (χ2n) is 13.5. The number of allylic oxidation sites excluding steroid dienone is 1. The maximum Gasteiger partial charge on any atom is 0.420 e. The minimum Gasteiger partial charge on any atom is -0.395 e. The van der Waals surface area contributed by atoms with E-state index in [-0.39, 0.29) is 70.4 Å². The van der Waals surface area contributed by atoms with Crippen LogP contribution in [0.25, 0.3) is 22.0 Å². The number of aromatic nitrogens is 3. The Morgan fingerprint density at radius 2 is 1.82 bits per heavy atom. The van der Waals surface area contributed by atoms with Gasteiger partial charge in [-0.15, -0.1) is 0 Å². The zero-order valence-electron chi connectivity index (χ0n) is 28.7. The standard InChI is InChI=1S/C34H30ClF7N8O4S/c1-49-29-19(3-5-22(35)27(29)32(47-49)48-55(2,53)54)18-4-6-24(43-7-8-51)45-28(18)23(11-15-9-16(36)12-17(37)10-15)44-25(52)14-50-31-26(30(46-50)34(40,41)42)20-13-21(20)33(31,38)39/h3-6,9-10,12,20-21,23,30,51H,7-8,11,13-14H2,1-2H3,(H2-,43,44,45,47,48,52)/p+1/t20-,21+,23-,30?/m0/s1. The molecule has 21 heteroatoms. The van der Waals surface area contributed by atoms with Crippen molar-refractivity contribution in [2.75, 3.05) is 36.0 Å². The van der Waals surface area contributed by atoms with Crippen molar-refractivity contribution in [1.82, 2.24) is 20.1 Å². The number of alkyl halides is 5. The molecule has 3 heterocycles. The number of fused-ring (bicyclic) bond motifs is 3. The van der Waals surface area contributed by atoms with Gasteiger partial charge in [-0.2, -0.15) is 27.1 Å². The van der Waals surface area contributed by atoms with Crippen LogP contribution in [0, 0.1) is 23.5 Å². The van der Waals surface area contributed by atoms with Crippen molar-refractivity contribution in [3.05, 3.63) is 81.6 Å². The van der Waals surface area contributed by atoms with Gasteiger partial charge in [0.15, 0.2) is 5.82 Å². The average molecular weight is 816 g/mol. The molecule has 2 aliphatic carbocycles. The number of amides is 1. The van der Waals surface area contributed by atoms with Crippen LogP contribution in [0.4, 0.5) is 42.4 Å². The van der Waals surface area contributed by atoms with E-state index in [9.17, 15) is 40.3 Å². The van der Waals surface area contributed by atoms with Crippen molar-refractivity contribution in [3.8, 4) is 11.1 Å². The molecule has 2 aromatic heterocycles. The maximum absolute atomic E-state index is 15.3. The Bertz CT molecular complexity index is 2400. The number of aryl methyl sites for hydroxylation is 1. The van der Waals surface area contributed by atoms with Gasteiger partial charge in [0, 0.05) is 42.3 Å². The largest absolute Gasteiger partial charge is 0.420 e. The van der Waals surface area contributed by atoms with Gasteiger partial charge in [-0.1, -0.05) is 22.4 Å². The Labute approximate surface area is 313 Å². The summed E-state index contributed by atoms with van der Waals surface area (Å²) in [6.07, 6.45) is -4.57. The Hall–Kier alpha value is -4.82. The van der Waals surface area contributed by atoms with Crippen LogP contribution in [-0.4, -0.2) is 83.0 Å². The van der Waals surface area contributed by atoms with Gasteiger partial charge < -0.3 is 15.7 Å². The molecule has 7 rings (SSSR count). The number of hydrogen-bond donors (Lipinski definition) is 4. The highest BCUT2D eigenvalue weighted by molar-refractivity contribution is 7.92. The Kier molecular flexibility index (Phi) is 9.60. The predicted molar refractivity (Wildman–Crippen MR) is 185 cm³/mol. The van der Waals surface area contributed by atoms with Crippen molar-refractivity contribution < 1.29 is 53.7 Å². The molecule has 4 N–H and O–H groups in total. The van der Waals surface area contributed by atoms with E-state index in [1.54, 1.807) is 12.1 Å². The maximum atomic E-state index is 15.3. The summed E-state index contributed by atoms with van der Waals surface area (Å²) in [4.78, 5) is 18.5. The molecule has 2 aromatic carbocycles. The molecule has 1 unspecified atom stereocenters. The molecule has 0 radical (unpaired) electrons. The van der Waals surface area contributed by atoms with Gasteiger partial charge in [0.2, 0.25) is 16.1 Å². The summed E-state index contributed by atoms with van der Waals surface area (Å²) >= 11 is 6.54. The molecule has 12 nitrogen and oxygen atoms in total. The molecular weight excluding hydrogens is 785 g/mol. The van der Waals surface area contributed by atoms with E-state index in [1.807, 2.05) is 0 Å². The fourth-order valence-corrected chi connectivity index (χ4v) is 8.14. The summed E-state index contributed by atoms with van der Waals surface area (Å²) in [5.74, 6) is -8.92. The summed E-state index contributed by atoms with van der Waals surface area (Å²) in [7, 11) is -2.33. The number of nitrogens with zero attached hydrogens (tertiary/aromatic N) is 5. The first-order valence-electron chi connectivity index (χ1n) is 16.7. The number of benzene rings is 2. The van der Waals surface area contributed by atoms with Crippen LogP contribution in [0.15, 0.2) is 58.8 Å². The van der Waals surface area contributed by atoms with E-state index >= 15 is 8.78 Å². The number of halogens is 8. The van der Waals surface area contributed by atoms with Crippen LogP contribution in [0.2, 0.25) is 5.02 Å². The van der Waals surface area contributed by atoms with Gasteiger partial charge in [0.05, 0.1) is 40.5 Å². The van der Waals surface area contributed by atoms with Crippen LogP contribution in [0.3, 0.4) is 0 Å². The average Bonchev–Trinajstić information content (AvgIpc) is 3.61. The zero-order valence-corrected chi connectivity index (χ0v) is 30.3. The second-order valence-corrected chi connectivity index (χ2v) is 15.7. The van der Waals surface area contributed by atoms with E-state index in [4.69, 9.17) is 11.6 Å². The third kappa shape index (κ3) is 7.33. The van der Waals surface area contributed by atoms with Crippen LogP contribution in [0.5, 0.6) is 0 Å². The fraction of sp³-hybridized carbons (Fsp3) is 0.382. The summed E-state index contributed by atoms with van der Waals surface area (Å²) in [5, 5.41) is 23.0. The molecule has 1 aliphatic heterocycles. The van der Waals surface area contributed by atoms with Crippen molar-refractivity contribution in [2.24, 2.45) is 24.0 Å². The van der Waals surface area contributed by atoms with Gasteiger partial charge in [0.25, 0.3) is 18.1 Å². The molecule has 1 saturated carbocycles. The third-order valence-electron chi connectivity index (χ3n) is 9.54. The predicted octanol–water partition coefficient (Wildman–Crippen LogP) is 5.69. The Morgan fingerprint density at radius 1 is 1.13 bits per heavy atom. The molecule has 55 heavy (non-hydrogen) atoms. The topological polar surface area (TPSA) is 154 Å². The second kappa shape index (κ2) is 13.7. The first-order valence-corrected chi connectivity index (χ1v) is 18.9. The lowest BCUT2D eigenvalue weighted by Gasteiger charge is -2.23. The molecule has 1 amide bonds. The molecule has 0 spiro atoms. The Balaban J connectivity index is 1.34. The number of rotatable bonds is 12. The van der Waals surface area contributed by atoms with Crippen molar-refractivity contribution in [2.45, 2.75) is 37.0 Å². The van der Waals surface area contributed by atoms with E-state index in [2.05, 4.69) is 30.6 Å². The lowest BCUT2D eigenvalue weighted by atomic mass is 9.94. The van der Waals surface area contributed by atoms with Crippen molar-refractivity contribution in [1.29, 1.82) is 0 Å². The molecule has 4 atom stereocenters. The smallest absolute Gasteiger partial charge is 0.395 e. The van der Waals surface area contributed by atoms with E-state index < -0.39 is 81.4 Å². The number of aliphatic hydroxyl groups is 1. The number of nitrogens with one attached hydrogen (secondary N) is 3. The van der Waals surface area contributed by atoms with E-state index in [1.165, 1.54) is 23.9 Å². The van der Waals surface area contributed by atoms with Gasteiger partial charge >= 0.3 is 12.1 Å². The monoisotopic (exact) mass is 815 g/mol. The number of carbonyl (C=O) groups excluding carboxylic acids is 1. The highest BCUT2D eigenvalue weighted by Crippen LogP contribution is 2.66. The molecule has 292 valence electrons. The van der Waals surface area contributed by atoms with Gasteiger partial charge in [0.1, 0.15) is 17.5 Å². The number of carbonyl (C=O) groups is 1. The first kappa shape index (κ1) is 38.5. The number of pyridine rings is 1. The van der Waals surface area contributed by atoms with Gasteiger partial charge in [-0.3, -0.25) is 14.2 Å². The van der Waals surface area contributed by atoms with Gasteiger partial charge in [-0.05, 0) is 59.8 Å². The quantitative estimate of drug-likeness (QED) is 0.106. The summed E-state index contributed by atoms with van der Waals surface area (Å²) in [5.41, 5.74) is -0.607. The summed E-state index contributed by atoms with van der Waals surface area (Å²) in [6, 6.07) is 4.80. The van der Waals surface area contributed by atoms with Crippen molar-refractivity contribution in [3.63, 3.8) is 0 Å². The van der Waals surface area contributed by atoms with E-state index in [0.29, 0.717) is 16.3 Å². The molecular formula is C34H31ClF7N8O4S+. The molecule has 3 aliphatic rings. The number of aliphatic hydroxyl groups excluding tert-OH is 1. The van der Waals surface area contributed by atoms with Crippen LogP contribution in [0.1, 0.15) is 23.7 Å². The van der Waals surface area contributed by atoms with Crippen LogP contribution < -0.4 is 15.4 Å². The number of anilines is 2. The number of hydrogen-bond acceptors (Lipinski definition) is 8.